The number of hydrogen-bond donors (Lipinski definition) is 1. The number of benzene rings is 1. The number of ether oxygens (including phenoxy) is 3. The van der Waals surface area contributed by atoms with Crippen molar-refractivity contribution in [1.29, 1.82) is 0 Å². The van der Waals surface area contributed by atoms with E-state index in [0.29, 0.717) is 25.5 Å². The number of carbonyl (C=O) groups excluding carboxylic acids is 1. The molecule has 0 radical (unpaired) electrons. The molecule has 1 atom stereocenters. The Morgan fingerprint density at radius 3 is 2.77 bits per heavy atom. The van der Waals surface area contributed by atoms with Crippen molar-refractivity contribution in [2.45, 2.75) is 25.4 Å². The first-order valence-electron chi connectivity index (χ1n) is 10.7. The molecule has 0 saturated carbocycles. The van der Waals surface area contributed by atoms with Gasteiger partial charge in [-0.1, -0.05) is 0 Å². The van der Waals surface area contributed by atoms with Gasteiger partial charge in [0.2, 0.25) is 11.8 Å². The molecular formula is C24H25N3O4. The highest BCUT2D eigenvalue weighted by Crippen LogP contribution is 2.32. The molecule has 31 heavy (non-hydrogen) atoms. The van der Waals surface area contributed by atoms with E-state index in [1.54, 1.807) is 6.20 Å². The maximum atomic E-state index is 11.5. The fraction of sp³-hybridized carbons (Fsp3) is 0.375. The zero-order chi connectivity index (χ0) is 21.0. The molecule has 2 fully saturated rings. The Hall–Kier alpha value is -3.19. The number of amides is 1. The third kappa shape index (κ3) is 4.61. The second-order valence-corrected chi connectivity index (χ2v) is 8.04. The zero-order valence-corrected chi connectivity index (χ0v) is 17.3. The molecule has 0 aliphatic carbocycles. The summed E-state index contributed by atoms with van der Waals surface area (Å²) in [6, 6.07) is 11.9. The number of rotatable bonds is 6. The fourth-order valence-corrected chi connectivity index (χ4v) is 4.01. The van der Waals surface area contributed by atoms with Crippen molar-refractivity contribution in [3.8, 4) is 22.8 Å². The van der Waals surface area contributed by atoms with Crippen molar-refractivity contribution < 1.29 is 19.0 Å². The maximum absolute atomic E-state index is 11.5. The SMILES string of the molecule is O=C1CC(COc2cc(-c3ccc(OC4CCOCC4)nc3)cc3ncccc23)CN1. The summed E-state index contributed by atoms with van der Waals surface area (Å²) in [5, 5.41) is 3.81. The summed E-state index contributed by atoms with van der Waals surface area (Å²) in [6.45, 7) is 2.62. The Bertz CT molecular complexity index is 1060. The molecule has 7 nitrogen and oxygen atoms in total. The van der Waals surface area contributed by atoms with Gasteiger partial charge in [-0.3, -0.25) is 9.78 Å². The number of nitrogens with one attached hydrogen (secondary N) is 1. The number of pyridine rings is 2. The molecule has 1 unspecified atom stereocenters. The average molecular weight is 419 g/mol. The molecule has 3 aromatic rings. The van der Waals surface area contributed by atoms with Crippen LogP contribution in [-0.4, -0.2) is 48.3 Å². The van der Waals surface area contributed by atoms with Crippen LogP contribution >= 0.6 is 0 Å². The normalized spacial score (nSPS) is 19.4. The molecule has 1 N–H and O–H groups in total. The quantitative estimate of drug-likeness (QED) is 0.660. The molecule has 2 aliphatic heterocycles. The Kier molecular flexibility index (Phi) is 5.67. The van der Waals surface area contributed by atoms with Gasteiger partial charge in [0, 0.05) is 61.1 Å². The molecule has 4 heterocycles. The summed E-state index contributed by atoms with van der Waals surface area (Å²) < 4.78 is 17.5. The molecule has 2 aromatic heterocycles. The zero-order valence-electron chi connectivity index (χ0n) is 17.3. The molecule has 2 aliphatic rings. The van der Waals surface area contributed by atoms with E-state index in [4.69, 9.17) is 14.2 Å². The van der Waals surface area contributed by atoms with Crippen molar-refractivity contribution in [1.82, 2.24) is 15.3 Å². The minimum Gasteiger partial charge on any atom is -0.492 e. The van der Waals surface area contributed by atoms with E-state index in [1.807, 2.05) is 42.6 Å². The van der Waals surface area contributed by atoms with E-state index >= 15 is 0 Å². The van der Waals surface area contributed by atoms with Crippen LogP contribution in [0.4, 0.5) is 0 Å². The van der Waals surface area contributed by atoms with Crippen molar-refractivity contribution in [3.63, 3.8) is 0 Å². The van der Waals surface area contributed by atoms with Gasteiger partial charge in [-0.15, -0.1) is 0 Å². The van der Waals surface area contributed by atoms with Crippen LogP contribution in [0.25, 0.3) is 22.0 Å². The van der Waals surface area contributed by atoms with Crippen molar-refractivity contribution in [3.05, 3.63) is 48.8 Å². The lowest BCUT2D eigenvalue weighted by molar-refractivity contribution is -0.119. The molecule has 2 saturated heterocycles. The Labute approximate surface area is 180 Å². The topological polar surface area (TPSA) is 82.6 Å². The van der Waals surface area contributed by atoms with Crippen LogP contribution < -0.4 is 14.8 Å². The van der Waals surface area contributed by atoms with Crippen LogP contribution in [0.2, 0.25) is 0 Å². The molecule has 0 bridgehead atoms. The van der Waals surface area contributed by atoms with E-state index in [2.05, 4.69) is 15.3 Å². The van der Waals surface area contributed by atoms with Crippen molar-refractivity contribution in [2.24, 2.45) is 5.92 Å². The smallest absolute Gasteiger partial charge is 0.220 e. The minimum absolute atomic E-state index is 0.0861. The lowest BCUT2D eigenvalue weighted by Gasteiger charge is -2.22. The number of fused-ring (bicyclic) bond motifs is 1. The van der Waals surface area contributed by atoms with Gasteiger partial charge in [0.15, 0.2) is 0 Å². The van der Waals surface area contributed by atoms with E-state index in [-0.39, 0.29) is 17.9 Å². The summed E-state index contributed by atoms with van der Waals surface area (Å²) in [7, 11) is 0. The molecule has 5 rings (SSSR count). The Morgan fingerprint density at radius 1 is 1.10 bits per heavy atom. The summed E-state index contributed by atoms with van der Waals surface area (Å²) in [6.07, 6.45) is 6.05. The maximum Gasteiger partial charge on any atom is 0.220 e. The van der Waals surface area contributed by atoms with Gasteiger partial charge < -0.3 is 19.5 Å². The van der Waals surface area contributed by atoms with Crippen LogP contribution in [0.15, 0.2) is 48.8 Å². The van der Waals surface area contributed by atoms with Gasteiger partial charge in [0.05, 0.1) is 25.3 Å². The number of hydrogen-bond acceptors (Lipinski definition) is 6. The van der Waals surface area contributed by atoms with Crippen LogP contribution in [0.3, 0.4) is 0 Å². The van der Waals surface area contributed by atoms with Crippen molar-refractivity contribution in [2.75, 3.05) is 26.4 Å². The van der Waals surface area contributed by atoms with Crippen LogP contribution in [-0.2, 0) is 9.53 Å². The standard InChI is InChI=1S/C24H25N3O4/c28-23-10-16(13-26-23)15-30-22-12-18(11-21-20(22)2-1-7-25-21)17-3-4-24(27-14-17)31-19-5-8-29-9-6-19/h1-4,7,11-12,14,16,19H,5-6,8-10,13,15H2,(H,26,28). The van der Waals surface area contributed by atoms with Crippen LogP contribution in [0.5, 0.6) is 11.6 Å². The number of nitrogens with zero attached hydrogens (tertiary/aromatic N) is 2. The van der Waals surface area contributed by atoms with Gasteiger partial charge in [-0.25, -0.2) is 4.98 Å². The van der Waals surface area contributed by atoms with E-state index in [0.717, 1.165) is 53.8 Å². The van der Waals surface area contributed by atoms with Gasteiger partial charge in [0.25, 0.3) is 0 Å². The van der Waals surface area contributed by atoms with Crippen molar-refractivity contribution >= 4 is 16.8 Å². The molecule has 160 valence electrons. The predicted molar refractivity (Wildman–Crippen MR) is 116 cm³/mol. The summed E-state index contributed by atoms with van der Waals surface area (Å²) in [5.74, 6) is 1.67. The van der Waals surface area contributed by atoms with Crippen LogP contribution in [0, 0.1) is 5.92 Å². The third-order valence-electron chi connectivity index (χ3n) is 5.74. The number of carbonyl (C=O) groups is 1. The highest BCUT2D eigenvalue weighted by atomic mass is 16.5. The highest BCUT2D eigenvalue weighted by molar-refractivity contribution is 5.90. The van der Waals surface area contributed by atoms with E-state index in [1.165, 1.54) is 0 Å². The fourth-order valence-electron chi connectivity index (χ4n) is 4.01. The van der Waals surface area contributed by atoms with Gasteiger partial charge in [-0.05, 0) is 35.9 Å². The van der Waals surface area contributed by atoms with Gasteiger partial charge in [-0.2, -0.15) is 0 Å². The molecule has 7 heteroatoms. The third-order valence-corrected chi connectivity index (χ3v) is 5.74. The summed E-state index contributed by atoms with van der Waals surface area (Å²) in [5.41, 5.74) is 2.81. The Balaban J connectivity index is 1.36. The summed E-state index contributed by atoms with van der Waals surface area (Å²) in [4.78, 5) is 20.5. The predicted octanol–water partition coefficient (Wildman–Crippen LogP) is 3.37. The largest absolute Gasteiger partial charge is 0.492 e. The van der Waals surface area contributed by atoms with Crippen LogP contribution in [0.1, 0.15) is 19.3 Å². The lowest BCUT2D eigenvalue weighted by Crippen LogP contribution is -2.26. The first-order chi connectivity index (χ1) is 15.2. The summed E-state index contributed by atoms with van der Waals surface area (Å²) >= 11 is 0. The monoisotopic (exact) mass is 419 g/mol. The average Bonchev–Trinajstić information content (AvgIpc) is 3.23. The first kappa shape index (κ1) is 19.8. The Morgan fingerprint density at radius 2 is 2.00 bits per heavy atom. The molecule has 0 spiro atoms. The second kappa shape index (κ2) is 8.89. The molecule has 1 amide bonds. The minimum atomic E-state index is 0.0861. The van der Waals surface area contributed by atoms with Gasteiger partial charge >= 0.3 is 0 Å². The van der Waals surface area contributed by atoms with E-state index < -0.39 is 0 Å². The lowest BCUT2D eigenvalue weighted by atomic mass is 10.0. The first-order valence-corrected chi connectivity index (χ1v) is 10.7. The molecule has 1 aromatic carbocycles. The molecular weight excluding hydrogens is 394 g/mol. The van der Waals surface area contributed by atoms with E-state index in [9.17, 15) is 4.79 Å². The van der Waals surface area contributed by atoms with Gasteiger partial charge in [0.1, 0.15) is 11.9 Å². The number of aromatic nitrogens is 2. The second-order valence-electron chi connectivity index (χ2n) is 8.04. The highest BCUT2D eigenvalue weighted by Gasteiger charge is 2.22.